The Bertz CT molecular complexity index is 381. The number of hydrogen-bond donors (Lipinski definition) is 1. The lowest BCUT2D eigenvalue weighted by Crippen LogP contribution is -2.11. The topological polar surface area (TPSA) is 26.0 Å². The van der Waals surface area contributed by atoms with Crippen LogP contribution in [0.15, 0.2) is 22.7 Å². The van der Waals surface area contributed by atoms with E-state index in [1.54, 1.807) is 6.07 Å². The zero-order chi connectivity index (χ0) is 14.8. The van der Waals surface area contributed by atoms with E-state index in [0.717, 1.165) is 22.9 Å². The number of benzene rings is 1. The Morgan fingerprint density at radius 2 is 1.65 bits per heavy atom. The van der Waals surface area contributed by atoms with Gasteiger partial charge in [0.2, 0.25) is 0 Å². The van der Waals surface area contributed by atoms with E-state index in [0.29, 0.717) is 0 Å². The fourth-order valence-electron chi connectivity index (χ4n) is 2.46. The third-order valence-corrected chi connectivity index (χ3v) is 4.42. The van der Waals surface area contributed by atoms with Crippen LogP contribution in [0.25, 0.3) is 0 Å². The van der Waals surface area contributed by atoms with Gasteiger partial charge in [0.15, 0.2) is 0 Å². The fraction of sp³-hybridized carbons (Fsp3) is 0.647. The Hall–Kier alpha value is -0.410. The largest absolute Gasteiger partial charge is 0.324 e. The quantitative estimate of drug-likeness (QED) is 0.509. The smallest absolute Gasteiger partial charge is 0.124 e. The van der Waals surface area contributed by atoms with E-state index in [9.17, 15) is 4.39 Å². The van der Waals surface area contributed by atoms with Crippen LogP contribution in [0, 0.1) is 5.82 Å². The summed E-state index contributed by atoms with van der Waals surface area (Å²) in [6.07, 6.45) is 11.4. The molecule has 1 atom stereocenters. The minimum absolute atomic E-state index is 0.00469. The number of hydrogen-bond acceptors (Lipinski definition) is 1. The Morgan fingerprint density at radius 1 is 1.05 bits per heavy atom. The minimum atomic E-state index is -0.222. The molecule has 2 N–H and O–H groups in total. The molecule has 1 aromatic carbocycles. The van der Waals surface area contributed by atoms with Gasteiger partial charge in [0.05, 0.1) is 0 Å². The summed E-state index contributed by atoms with van der Waals surface area (Å²) in [4.78, 5) is 0. The van der Waals surface area contributed by atoms with E-state index < -0.39 is 0 Å². The zero-order valence-corrected chi connectivity index (χ0v) is 14.1. The summed E-state index contributed by atoms with van der Waals surface area (Å²) in [7, 11) is 0. The summed E-state index contributed by atoms with van der Waals surface area (Å²) in [6, 6.07) is 4.76. The molecule has 0 aliphatic carbocycles. The van der Waals surface area contributed by atoms with E-state index in [1.165, 1.54) is 57.1 Å². The summed E-state index contributed by atoms with van der Waals surface area (Å²) in [5.41, 5.74) is 7.18. The van der Waals surface area contributed by atoms with Gasteiger partial charge in [0.25, 0.3) is 0 Å². The molecule has 0 saturated carbocycles. The summed E-state index contributed by atoms with van der Waals surface area (Å²) in [5.74, 6) is -0.222. The maximum Gasteiger partial charge on any atom is 0.124 e. The van der Waals surface area contributed by atoms with Gasteiger partial charge in [-0.3, -0.25) is 0 Å². The number of rotatable bonds is 10. The summed E-state index contributed by atoms with van der Waals surface area (Å²) in [5, 5.41) is 0. The van der Waals surface area contributed by atoms with E-state index >= 15 is 0 Å². The van der Waals surface area contributed by atoms with Crippen molar-refractivity contribution in [2.45, 2.75) is 70.8 Å². The van der Waals surface area contributed by atoms with Crippen LogP contribution in [-0.2, 0) is 0 Å². The molecule has 0 aliphatic rings. The standard InChI is InChI=1S/C17H27BrFN/c1-2-3-4-5-6-7-8-9-10-17(20)15-12-11-14(19)13-16(15)18/h11-13,17H,2-10,20H2,1H3. The first kappa shape index (κ1) is 17.6. The SMILES string of the molecule is CCCCCCCCCCC(N)c1ccc(F)cc1Br. The molecule has 0 saturated heterocycles. The molecule has 0 aromatic heterocycles. The maximum atomic E-state index is 13.0. The van der Waals surface area contributed by atoms with Crippen molar-refractivity contribution >= 4 is 15.9 Å². The van der Waals surface area contributed by atoms with Gasteiger partial charge >= 0.3 is 0 Å². The first-order valence-corrected chi connectivity index (χ1v) is 8.65. The van der Waals surface area contributed by atoms with Crippen LogP contribution in [0.4, 0.5) is 4.39 Å². The van der Waals surface area contributed by atoms with Crippen molar-refractivity contribution in [2.24, 2.45) is 5.73 Å². The number of nitrogens with two attached hydrogens (primary N) is 1. The lowest BCUT2D eigenvalue weighted by atomic mass is 10.00. The van der Waals surface area contributed by atoms with Gasteiger partial charge in [-0.25, -0.2) is 4.39 Å². The van der Waals surface area contributed by atoms with Gasteiger partial charge in [-0.2, -0.15) is 0 Å². The Kier molecular flexibility index (Phi) is 9.12. The molecular formula is C17H27BrFN. The predicted molar refractivity (Wildman–Crippen MR) is 88.3 cm³/mol. The average molecular weight is 344 g/mol. The molecule has 0 spiro atoms. The highest BCUT2D eigenvalue weighted by molar-refractivity contribution is 9.10. The first-order chi connectivity index (χ1) is 9.65. The van der Waals surface area contributed by atoms with Crippen LogP contribution in [0.1, 0.15) is 76.3 Å². The second-order valence-corrected chi connectivity index (χ2v) is 6.39. The molecule has 0 heterocycles. The molecule has 20 heavy (non-hydrogen) atoms. The minimum Gasteiger partial charge on any atom is -0.324 e. The predicted octanol–water partition coefficient (Wildman–Crippen LogP) is 6.12. The Labute approximate surface area is 131 Å². The molecule has 0 amide bonds. The van der Waals surface area contributed by atoms with Gasteiger partial charge in [-0.15, -0.1) is 0 Å². The molecule has 114 valence electrons. The van der Waals surface area contributed by atoms with E-state index in [1.807, 2.05) is 0 Å². The van der Waals surface area contributed by atoms with Crippen molar-refractivity contribution in [3.63, 3.8) is 0 Å². The van der Waals surface area contributed by atoms with Crippen molar-refractivity contribution in [3.05, 3.63) is 34.1 Å². The van der Waals surface area contributed by atoms with Crippen molar-refractivity contribution in [3.8, 4) is 0 Å². The highest BCUT2D eigenvalue weighted by Gasteiger charge is 2.10. The van der Waals surface area contributed by atoms with Gasteiger partial charge in [-0.1, -0.05) is 80.3 Å². The van der Waals surface area contributed by atoms with E-state index in [2.05, 4.69) is 22.9 Å². The zero-order valence-electron chi connectivity index (χ0n) is 12.5. The molecule has 1 rings (SSSR count). The summed E-state index contributed by atoms with van der Waals surface area (Å²) >= 11 is 3.39. The molecular weight excluding hydrogens is 317 g/mol. The van der Waals surface area contributed by atoms with Gasteiger partial charge in [0, 0.05) is 10.5 Å². The number of halogens is 2. The summed E-state index contributed by atoms with van der Waals surface area (Å²) < 4.78 is 13.8. The molecule has 0 radical (unpaired) electrons. The van der Waals surface area contributed by atoms with Crippen molar-refractivity contribution in [1.82, 2.24) is 0 Å². The highest BCUT2D eigenvalue weighted by Crippen LogP contribution is 2.26. The molecule has 3 heteroatoms. The third-order valence-electron chi connectivity index (χ3n) is 3.73. The molecule has 0 bridgehead atoms. The third kappa shape index (κ3) is 6.85. The summed E-state index contributed by atoms with van der Waals surface area (Å²) in [6.45, 7) is 2.25. The van der Waals surface area contributed by atoms with Crippen LogP contribution in [0.2, 0.25) is 0 Å². The Balaban J connectivity index is 2.15. The molecule has 1 nitrogen and oxygen atoms in total. The highest BCUT2D eigenvalue weighted by atomic mass is 79.9. The molecule has 0 aliphatic heterocycles. The van der Waals surface area contributed by atoms with E-state index in [4.69, 9.17) is 5.73 Å². The van der Waals surface area contributed by atoms with Crippen molar-refractivity contribution in [2.75, 3.05) is 0 Å². The van der Waals surface area contributed by atoms with Gasteiger partial charge in [-0.05, 0) is 24.1 Å². The van der Waals surface area contributed by atoms with Crippen molar-refractivity contribution in [1.29, 1.82) is 0 Å². The average Bonchev–Trinajstić information content (AvgIpc) is 2.41. The number of unbranched alkanes of at least 4 members (excludes halogenated alkanes) is 7. The first-order valence-electron chi connectivity index (χ1n) is 7.85. The van der Waals surface area contributed by atoms with Gasteiger partial charge in [0.1, 0.15) is 5.82 Å². The lowest BCUT2D eigenvalue weighted by molar-refractivity contribution is 0.534. The lowest BCUT2D eigenvalue weighted by Gasteiger charge is -2.13. The maximum absolute atomic E-state index is 13.0. The Morgan fingerprint density at radius 3 is 2.25 bits per heavy atom. The second kappa shape index (κ2) is 10.3. The molecule has 1 aromatic rings. The van der Waals surface area contributed by atoms with Crippen LogP contribution in [0.5, 0.6) is 0 Å². The van der Waals surface area contributed by atoms with E-state index in [-0.39, 0.29) is 11.9 Å². The van der Waals surface area contributed by atoms with Crippen LogP contribution in [-0.4, -0.2) is 0 Å². The molecule has 0 fully saturated rings. The van der Waals surface area contributed by atoms with Crippen LogP contribution >= 0.6 is 15.9 Å². The monoisotopic (exact) mass is 343 g/mol. The van der Waals surface area contributed by atoms with Crippen LogP contribution < -0.4 is 5.73 Å². The van der Waals surface area contributed by atoms with Gasteiger partial charge < -0.3 is 5.73 Å². The second-order valence-electron chi connectivity index (χ2n) is 5.54. The van der Waals surface area contributed by atoms with Crippen LogP contribution in [0.3, 0.4) is 0 Å². The molecule has 1 unspecified atom stereocenters. The normalized spacial score (nSPS) is 12.6. The van der Waals surface area contributed by atoms with Crippen molar-refractivity contribution < 1.29 is 4.39 Å². The fourth-order valence-corrected chi connectivity index (χ4v) is 3.10.